The Bertz CT molecular complexity index is 2360. The number of hydrogen-bond donors (Lipinski definition) is 0. The number of benzene rings is 4. The van der Waals surface area contributed by atoms with Gasteiger partial charge < -0.3 is 42.3 Å². The van der Waals surface area contributed by atoms with Gasteiger partial charge >= 0.3 is 0 Å². The molecule has 0 aromatic heterocycles. The second-order valence-corrected chi connectivity index (χ2v) is 28.1. The van der Waals surface area contributed by atoms with Gasteiger partial charge in [-0.25, -0.2) is 0 Å². The molecule has 0 saturated carbocycles. The Morgan fingerprint density at radius 3 is 0.488 bits per heavy atom. The SMILES string of the molecule is CC#N.CC#N.CC#N.CC#N.CC(c1cc(C(C)(C)C)cc(C(C)(C)C)c1[O-])c1cc(C(C)(C)C)cc(C(C)(C)C)c1[O-].CC(c1cc(C(C)(C)C)cc(C(C)(C)C)c1[O-])c1cc(C(C)(C)C)cc(C(C)(C)C)c1[O-].[O-2].[O-2].[OH-].[OH-].[V].[V]. The average Bonchev–Trinajstić information content (AvgIpc) is 3.21. The van der Waals surface area contributed by atoms with Gasteiger partial charge in [0.05, 0.1) is 24.3 Å². The Labute approximate surface area is 522 Å². The predicted molar refractivity (Wildman–Crippen MR) is 319 cm³/mol. The summed E-state index contributed by atoms with van der Waals surface area (Å²) >= 11 is 0. The standard InChI is InChI=1S/2C30H46O2.4C2H3N.2H2O.2O.2V/c2*1-18(21-14-19(27(2,3)4)16-23(25(21)31)29(8,9)10)22-15-20(28(5,6)7)17-24(26(22)32)30(11,12)13;4*1-2-3;;;;;;/h2*14-18,31-32H,1-13H3;4*1H3;2*1H2;;;;/q;;;;;;;;2*-2;;/p-6. The smallest absolute Gasteiger partial charge is 0.0587 e. The minimum atomic E-state index is -0.276. The summed E-state index contributed by atoms with van der Waals surface area (Å²) < 4.78 is 0. The molecule has 0 heterocycles. The molecule has 0 atom stereocenters. The summed E-state index contributed by atoms with van der Waals surface area (Å²) in [6.45, 7) is 60.8. The minimum Gasteiger partial charge on any atom is -2.00 e. The molecule has 0 spiro atoms. The van der Waals surface area contributed by atoms with Crippen molar-refractivity contribution >= 4 is 0 Å². The molecule has 12 nitrogen and oxygen atoms in total. The van der Waals surface area contributed by atoms with Crippen molar-refractivity contribution in [3.8, 4) is 47.3 Å². The molecule has 0 unspecified atom stereocenters. The van der Waals surface area contributed by atoms with Gasteiger partial charge in [0.1, 0.15) is 0 Å². The van der Waals surface area contributed by atoms with Crippen molar-refractivity contribution in [3.05, 3.63) is 115 Å². The van der Waals surface area contributed by atoms with Crippen LogP contribution in [-0.4, -0.2) is 11.0 Å². The van der Waals surface area contributed by atoms with E-state index in [1.807, 2.05) is 38.1 Å². The Morgan fingerprint density at radius 1 is 0.293 bits per heavy atom. The molecule has 2 radical (unpaired) electrons. The van der Waals surface area contributed by atoms with Crippen molar-refractivity contribution in [2.45, 2.75) is 263 Å². The molecule has 0 aliphatic heterocycles. The zero-order valence-corrected chi connectivity index (χ0v) is 58.6. The first-order valence-electron chi connectivity index (χ1n) is 26.6. The Kier molecular flexibility index (Phi) is 41.1. The quantitative estimate of drug-likeness (QED) is 0.186. The fraction of sp³-hybridized carbons (Fsp3) is 0.588. The number of hydrogen-bond acceptors (Lipinski definition) is 10. The molecular formula is C68H102N4O8V2-10. The normalized spacial score (nSPS) is 11.1. The van der Waals surface area contributed by atoms with E-state index in [9.17, 15) is 20.4 Å². The summed E-state index contributed by atoms with van der Waals surface area (Å²) in [5, 5.41) is 84.0. The molecule has 4 aromatic carbocycles. The second kappa shape index (κ2) is 36.0. The molecule has 0 bridgehead atoms. The summed E-state index contributed by atoms with van der Waals surface area (Å²) in [6, 6.07) is 23.5. The van der Waals surface area contributed by atoms with Crippen molar-refractivity contribution in [1.82, 2.24) is 0 Å². The van der Waals surface area contributed by atoms with Crippen LogP contribution in [0.4, 0.5) is 0 Å². The van der Waals surface area contributed by atoms with E-state index in [0.717, 1.165) is 66.8 Å². The van der Waals surface area contributed by atoms with Crippen molar-refractivity contribution in [2.24, 2.45) is 0 Å². The van der Waals surface area contributed by atoms with Crippen LogP contribution in [0, 0.1) is 45.3 Å². The molecule has 4 aromatic rings. The zero-order chi connectivity index (χ0) is 60.9. The van der Waals surface area contributed by atoms with Crippen molar-refractivity contribution in [1.29, 1.82) is 21.0 Å². The van der Waals surface area contributed by atoms with E-state index in [-0.39, 0.29) is 137 Å². The molecule has 0 aliphatic rings. The number of nitriles is 4. The van der Waals surface area contributed by atoms with Crippen molar-refractivity contribution < 1.29 is 79.4 Å². The van der Waals surface area contributed by atoms with E-state index in [2.05, 4.69) is 190 Å². The van der Waals surface area contributed by atoms with Gasteiger partial charge in [-0.1, -0.05) is 229 Å². The molecule has 82 heavy (non-hydrogen) atoms. The third-order valence-corrected chi connectivity index (χ3v) is 13.0. The minimum absolute atomic E-state index is 0. The van der Waals surface area contributed by atoms with Gasteiger partial charge in [0.25, 0.3) is 0 Å². The molecule has 0 fully saturated rings. The molecule has 14 heteroatoms. The molecule has 462 valence electrons. The van der Waals surface area contributed by atoms with Crippen LogP contribution < -0.4 is 20.4 Å². The molecule has 0 saturated heterocycles. The summed E-state index contributed by atoms with van der Waals surface area (Å²) in [5.41, 5.74) is 9.32. The Morgan fingerprint density at radius 2 is 0.402 bits per heavy atom. The van der Waals surface area contributed by atoms with Crippen LogP contribution >= 0.6 is 0 Å². The van der Waals surface area contributed by atoms with Gasteiger partial charge in [0.2, 0.25) is 0 Å². The topological polar surface area (TPSA) is 304 Å². The first kappa shape index (κ1) is 93.5. The van der Waals surface area contributed by atoms with Gasteiger partial charge in [-0.3, -0.25) is 0 Å². The first-order chi connectivity index (χ1) is 34.0. The second-order valence-electron chi connectivity index (χ2n) is 28.1. The van der Waals surface area contributed by atoms with Crippen LogP contribution in [0.1, 0.15) is 286 Å². The third kappa shape index (κ3) is 27.2. The summed E-state index contributed by atoms with van der Waals surface area (Å²) in [5.74, 6) is -0.290. The fourth-order valence-electron chi connectivity index (χ4n) is 8.19. The van der Waals surface area contributed by atoms with Crippen LogP contribution in [0.25, 0.3) is 0 Å². The van der Waals surface area contributed by atoms with E-state index in [4.69, 9.17) is 21.0 Å². The van der Waals surface area contributed by atoms with Gasteiger partial charge in [-0.15, -0.1) is 23.0 Å². The largest absolute Gasteiger partial charge is 2.00 e. The van der Waals surface area contributed by atoms with Crippen LogP contribution in [-0.2, 0) is 91.4 Å². The first-order valence-corrected chi connectivity index (χ1v) is 26.6. The van der Waals surface area contributed by atoms with Crippen LogP contribution in [0.15, 0.2) is 48.5 Å². The van der Waals surface area contributed by atoms with Crippen molar-refractivity contribution in [2.75, 3.05) is 0 Å². The summed E-state index contributed by atoms with van der Waals surface area (Å²) in [6.07, 6.45) is 0. The van der Waals surface area contributed by atoms with Crippen LogP contribution in [0.2, 0.25) is 0 Å². The van der Waals surface area contributed by atoms with Gasteiger partial charge in [0.15, 0.2) is 0 Å². The van der Waals surface area contributed by atoms with E-state index in [0.29, 0.717) is 0 Å². The Balaban J connectivity index is -0.000000175. The average molecular weight is 1210 g/mol. The Hall–Kier alpha value is -4.95. The zero-order valence-electron chi connectivity index (χ0n) is 55.8. The van der Waals surface area contributed by atoms with E-state index >= 15 is 0 Å². The maximum atomic E-state index is 13.7. The maximum Gasteiger partial charge on any atom is 0.0587 e. The van der Waals surface area contributed by atoms with Crippen LogP contribution in [0.3, 0.4) is 0 Å². The summed E-state index contributed by atoms with van der Waals surface area (Å²) in [4.78, 5) is 0. The van der Waals surface area contributed by atoms with Gasteiger partial charge in [-0.05, 0) is 110 Å². The van der Waals surface area contributed by atoms with E-state index in [1.165, 1.54) is 27.7 Å². The van der Waals surface area contributed by atoms with E-state index < -0.39 is 0 Å². The van der Waals surface area contributed by atoms with Gasteiger partial charge in [-0.2, -0.15) is 21.0 Å². The molecular weight excluding hydrogens is 1100 g/mol. The predicted octanol–water partition coefficient (Wildman–Crippen LogP) is 15.9. The number of rotatable bonds is 4. The maximum absolute atomic E-state index is 13.7. The summed E-state index contributed by atoms with van der Waals surface area (Å²) in [7, 11) is 0. The van der Waals surface area contributed by atoms with Crippen molar-refractivity contribution in [3.63, 3.8) is 0 Å². The molecule has 0 amide bonds. The molecule has 2 N–H and O–H groups in total. The van der Waals surface area contributed by atoms with E-state index in [1.54, 1.807) is 24.3 Å². The van der Waals surface area contributed by atoms with Crippen LogP contribution in [0.5, 0.6) is 23.0 Å². The monoisotopic (exact) mass is 1200 g/mol. The third-order valence-electron chi connectivity index (χ3n) is 13.0. The number of nitrogens with zero attached hydrogens (tertiary/aromatic N) is 4. The molecule has 0 aliphatic carbocycles. The fourth-order valence-corrected chi connectivity index (χ4v) is 8.19. The van der Waals surface area contributed by atoms with Gasteiger partial charge in [0, 0.05) is 76.6 Å². The molecule has 4 rings (SSSR count).